The summed E-state index contributed by atoms with van der Waals surface area (Å²) < 4.78 is 0. The number of hydrogen-bond donors (Lipinski definition) is 3. The van der Waals surface area contributed by atoms with E-state index in [1.165, 1.54) is 0 Å². The van der Waals surface area contributed by atoms with E-state index in [2.05, 4.69) is 15.8 Å². The average molecular weight is 233 g/mol. The Bertz CT molecular complexity index is 436. The Labute approximate surface area is 99.5 Å². The summed E-state index contributed by atoms with van der Waals surface area (Å²) in [4.78, 5) is 11.5. The van der Waals surface area contributed by atoms with Crippen LogP contribution in [-0.4, -0.2) is 23.0 Å². The number of amides is 2. The molecule has 0 saturated heterocycles. The van der Waals surface area contributed by atoms with Gasteiger partial charge in [0, 0.05) is 11.7 Å². The number of carbonyl (C=O) groups excluding carboxylic acids is 1. The quantitative estimate of drug-likeness (QED) is 0.425. The van der Waals surface area contributed by atoms with Gasteiger partial charge < -0.3 is 15.8 Å². The lowest BCUT2D eigenvalue weighted by Gasteiger charge is -2.07. The summed E-state index contributed by atoms with van der Waals surface area (Å²) in [6.07, 6.45) is 2.14. The van der Waals surface area contributed by atoms with E-state index in [0.29, 0.717) is 11.8 Å². The molecule has 0 bridgehead atoms. The molecular weight excluding hydrogens is 218 g/mol. The number of nitrogens with one attached hydrogen (secondary N) is 2. The predicted octanol–water partition coefficient (Wildman–Crippen LogP) is 2.17. The SMILES string of the molecule is C/C(=N/O)c1ccc(NC(=O)NC2CC2)cc1. The smallest absolute Gasteiger partial charge is 0.319 e. The average Bonchev–Trinajstić information content (AvgIpc) is 3.12. The van der Waals surface area contributed by atoms with E-state index >= 15 is 0 Å². The maximum atomic E-state index is 11.5. The van der Waals surface area contributed by atoms with Crippen LogP contribution in [0.4, 0.5) is 10.5 Å². The zero-order valence-corrected chi connectivity index (χ0v) is 9.60. The van der Waals surface area contributed by atoms with Crippen LogP contribution in [0.25, 0.3) is 0 Å². The van der Waals surface area contributed by atoms with Crippen molar-refractivity contribution < 1.29 is 10.0 Å². The van der Waals surface area contributed by atoms with Gasteiger partial charge in [0.15, 0.2) is 0 Å². The number of rotatable bonds is 3. The maximum Gasteiger partial charge on any atom is 0.319 e. The summed E-state index contributed by atoms with van der Waals surface area (Å²) in [5.41, 5.74) is 2.08. The van der Waals surface area contributed by atoms with Crippen molar-refractivity contribution in [1.82, 2.24) is 5.32 Å². The van der Waals surface area contributed by atoms with Gasteiger partial charge in [0.05, 0.1) is 5.71 Å². The third-order valence-corrected chi connectivity index (χ3v) is 2.62. The third-order valence-electron chi connectivity index (χ3n) is 2.62. The van der Waals surface area contributed by atoms with Gasteiger partial charge in [-0.15, -0.1) is 0 Å². The highest BCUT2D eigenvalue weighted by molar-refractivity contribution is 5.99. The molecule has 2 rings (SSSR count). The number of hydrogen-bond acceptors (Lipinski definition) is 3. The van der Waals surface area contributed by atoms with Gasteiger partial charge in [0.25, 0.3) is 0 Å². The number of benzene rings is 1. The highest BCUT2D eigenvalue weighted by Gasteiger charge is 2.23. The fourth-order valence-electron chi connectivity index (χ4n) is 1.43. The lowest BCUT2D eigenvalue weighted by Crippen LogP contribution is -2.30. The standard InChI is InChI=1S/C12H15N3O2/c1-8(15-17)9-2-4-10(5-3-9)13-12(16)14-11-6-7-11/h2-5,11,17H,6-7H2,1H3,(H2,13,14,16)/b15-8-. The first-order valence-corrected chi connectivity index (χ1v) is 5.55. The second-order valence-electron chi connectivity index (χ2n) is 4.14. The summed E-state index contributed by atoms with van der Waals surface area (Å²) in [5.74, 6) is 0. The van der Waals surface area contributed by atoms with E-state index in [1.54, 1.807) is 31.2 Å². The molecule has 0 unspecified atom stereocenters. The van der Waals surface area contributed by atoms with Crippen LogP contribution in [0.15, 0.2) is 29.4 Å². The van der Waals surface area contributed by atoms with Gasteiger partial charge in [-0.1, -0.05) is 17.3 Å². The molecule has 1 fully saturated rings. The second kappa shape index (κ2) is 4.86. The minimum Gasteiger partial charge on any atom is -0.411 e. The first-order valence-electron chi connectivity index (χ1n) is 5.55. The van der Waals surface area contributed by atoms with E-state index in [-0.39, 0.29) is 6.03 Å². The molecular formula is C12H15N3O2. The van der Waals surface area contributed by atoms with Crippen molar-refractivity contribution >= 4 is 17.4 Å². The first kappa shape index (κ1) is 11.4. The van der Waals surface area contributed by atoms with E-state index in [0.717, 1.165) is 24.1 Å². The van der Waals surface area contributed by atoms with E-state index in [1.807, 2.05) is 0 Å². The Hall–Kier alpha value is -2.04. The highest BCUT2D eigenvalue weighted by Crippen LogP contribution is 2.19. The third kappa shape index (κ3) is 3.21. The minimum atomic E-state index is -0.173. The van der Waals surface area contributed by atoms with Crippen LogP contribution in [0.1, 0.15) is 25.3 Å². The normalized spacial score (nSPS) is 15.5. The molecule has 1 aromatic carbocycles. The van der Waals surface area contributed by atoms with Crippen molar-refractivity contribution in [1.29, 1.82) is 0 Å². The Morgan fingerprint density at radius 2 is 2.00 bits per heavy atom. The van der Waals surface area contributed by atoms with E-state index in [9.17, 15) is 4.79 Å². The molecule has 0 aliphatic heterocycles. The van der Waals surface area contributed by atoms with Crippen molar-refractivity contribution in [2.75, 3.05) is 5.32 Å². The summed E-state index contributed by atoms with van der Waals surface area (Å²) in [5, 5.41) is 17.3. The zero-order valence-electron chi connectivity index (χ0n) is 9.60. The molecule has 1 aliphatic carbocycles. The van der Waals surface area contributed by atoms with Crippen LogP contribution >= 0.6 is 0 Å². The Balaban J connectivity index is 1.95. The molecule has 0 spiro atoms. The molecule has 1 aromatic rings. The van der Waals surface area contributed by atoms with Gasteiger partial charge in [-0.2, -0.15) is 0 Å². The van der Waals surface area contributed by atoms with Crippen LogP contribution in [0.5, 0.6) is 0 Å². The van der Waals surface area contributed by atoms with Crippen molar-refractivity contribution in [2.24, 2.45) is 5.16 Å². The molecule has 90 valence electrons. The topological polar surface area (TPSA) is 73.7 Å². The molecule has 0 heterocycles. The van der Waals surface area contributed by atoms with Crippen molar-refractivity contribution in [3.8, 4) is 0 Å². The molecule has 1 saturated carbocycles. The van der Waals surface area contributed by atoms with Crippen LogP contribution < -0.4 is 10.6 Å². The molecule has 0 atom stereocenters. The number of oxime groups is 1. The molecule has 2 amide bonds. The molecule has 0 aromatic heterocycles. The Morgan fingerprint density at radius 3 is 2.53 bits per heavy atom. The molecule has 17 heavy (non-hydrogen) atoms. The van der Waals surface area contributed by atoms with Crippen molar-refractivity contribution in [2.45, 2.75) is 25.8 Å². The second-order valence-corrected chi connectivity index (χ2v) is 4.14. The largest absolute Gasteiger partial charge is 0.411 e. The number of anilines is 1. The summed E-state index contributed by atoms with van der Waals surface area (Å²) >= 11 is 0. The van der Waals surface area contributed by atoms with Crippen LogP contribution in [0, 0.1) is 0 Å². The van der Waals surface area contributed by atoms with Gasteiger partial charge in [0.1, 0.15) is 0 Å². The lowest BCUT2D eigenvalue weighted by atomic mass is 10.1. The maximum absolute atomic E-state index is 11.5. The molecule has 5 heteroatoms. The summed E-state index contributed by atoms with van der Waals surface area (Å²) in [7, 11) is 0. The van der Waals surface area contributed by atoms with Crippen molar-refractivity contribution in [3.05, 3.63) is 29.8 Å². The van der Waals surface area contributed by atoms with Gasteiger partial charge in [0.2, 0.25) is 0 Å². The molecule has 1 aliphatic rings. The summed E-state index contributed by atoms with van der Waals surface area (Å²) in [6, 6.07) is 7.31. The lowest BCUT2D eigenvalue weighted by molar-refractivity contribution is 0.251. The van der Waals surface area contributed by atoms with E-state index < -0.39 is 0 Å². The number of nitrogens with zero attached hydrogens (tertiary/aromatic N) is 1. The summed E-state index contributed by atoms with van der Waals surface area (Å²) in [6.45, 7) is 1.71. The Kier molecular flexibility index (Phi) is 3.27. The number of carbonyl (C=O) groups is 1. The van der Waals surface area contributed by atoms with E-state index in [4.69, 9.17) is 5.21 Å². The fraction of sp³-hybridized carbons (Fsp3) is 0.333. The number of urea groups is 1. The molecule has 3 N–H and O–H groups in total. The van der Waals surface area contributed by atoms with Gasteiger partial charge in [-0.05, 0) is 37.5 Å². The monoisotopic (exact) mass is 233 g/mol. The highest BCUT2D eigenvalue weighted by atomic mass is 16.4. The molecule has 5 nitrogen and oxygen atoms in total. The van der Waals surface area contributed by atoms with Gasteiger partial charge in [-0.25, -0.2) is 4.79 Å². The molecule has 0 radical (unpaired) electrons. The first-order chi connectivity index (χ1) is 8.19. The van der Waals surface area contributed by atoms with Crippen molar-refractivity contribution in [3.63, 3.8) is 0 Å². The van der Waals surface area contributed by atoms with Crippen LogP contribution in [0.2, 0.25) is 0 Å². The fourth-order valence-corrected chi connectivity index (χ4v) is 1.43. The van der Waals surface area contributed by atoms with Gasteiger partial charge >= 0.3 is 6.03 Å². The minimum absolute atomic E-state index is 0.173. The van der Waals surface area contributed by atoms with Crippen LogP contribution in [-0.2, 0) is 0 Å². The van der Waals surface area contributed by atoms with Gasteiger partial charge in [-0.3, -0.25) is 0 Å². The van der Waals surface area contributed by atoms with Crippen LogP contribution in [0.3, 0.4) is 0 Å². The zero-order chi connectivity index (χ0) is 12.3. The Morgan fingerprint density at radius 1 is 1.35 bits per heavy atom. The predicted molar refractivity (Wildman–Crippen MR) is 65.6 cm³/mol.